The van der Waals surface area contributed by atoms with Gasteiger partial charge in [0.05, 0.1) is 0 Å². The molecule has 27 heavy (non-hydrogen) atoms. The molecule has 1 fully saturated rings. The topological polar surface area (TPSA) is 114 Å². The molecule has 0 spiro atoms. The molecule has 152 valence electrons. The van der Waals surface area contributed by atoms with E-state index in [-0.39, 0.29) is 19.6 Å². The van der Waals surface area contributed by atoms with Gasteiger partial charge in [0.1, 0.15) is 37.5 Å². The van der Waals surface area contributed by atoms with Crippen molar-refractivity contribution in [1.29, 1.82) is 0 Å². The zero-order valence-corrected chi connectivity index (χ0v) is 16.3. The van der Waals surface area contributed by atoms with Gasteiger partial charge in [-0.15, -0.1) is 0 Å². The lowest BCUT2D eigenvalue weighted by Gasteiger charge is -2.39. The van der Waals surface area contributed by atoms with E-state index >= 15 is 0 Å². The molecule has 0 aliphatic carbocycles. The third-order valence-corrected chi connectivity index (χ3v) is 4.37. The van der Waals surface area contributed by atoms with E-state index in [2.05, 4.69) is 16.7 Å². The SMILES string of the molecule is C=[N+]=C(NCCF)SC1CC(OC(C)=O)C(OC(C)=O)C(COC(C)=O)O1. The molecule has 0 amide bonds. The standard InChI is InChI=1S/C16H23FN2O7S/c1-9(20)23-8-13-15(25-11(3)22)12(24-10(2)21)7-14(26-13)27-16(18-4)19-6-5-17/h12-15H,4-8H2,1-3H3/p+1. The number of amidine groups is 1. The number of halogens is 1. The fourth-order valence-corrected chi connectivity index (χ4v) is 3.38. The van der Waals surface area contributed by atoms with Gasteiger partial charge >= 0.3 is 23.1 Å². The summed E-state index contributed by atoms with van der Waals surface area (Å²) in [6, 6.07) is 0. The molecule has 1 N–H and O–H groups in total. The molecule has 9 nitrogen and oxygen atoms in total. The van der Waals surface area contributed by atoms with Gasteiger partial charge in [0, 0.05) is 39.0 Å². The van der Waals surface area contributed by atoms with Gasteiger partial charge < -0.3 is 18.9 Å². The number of nitrogens with zero attached hydrogens (tertiary/aromatic N) is 1. The van der Waals surface area contributed by atoms with Crippen LogP contribution < -0.4 is 9.98 Å². The highest BCUT2D eigenvalue weighted by Gasteiger charge is 2.45. The van der Waals surface area contributed by atoms with Crippen molar-refractivity contribution in [2.75, 3.05) is 19.8 Å². The fourth-order valence-electron chi connectivity index (χ4n) is 2.39. The molecular formula is C16H24FN2O7S+. The van der Waals surface area contributed by atoms with Crippen LogP contribution in [0, 0.1) is 0 Å². The molecule has 0 saturated carbocycles. The number of carbonyl (C=O) groups excluding carboxylic acids is 3. The number of carbonyl (C=O) groups is 3. The van der Waals surface area contributed by atoms with E-state index < -0.39 is 48.3 Å². The molecule has 4 unspecified atom stereocenters. The van der Waals surface area contributed by atoms with Crippen molar-refractivity contribution in [2.24, 2.45) is 0 Å². The Morgan fingerprint density at radius 1 is 1.22 bits per heavy atom. The molecule has 1 rings (SSSR count). The van der Waals surface area contributed by atoms with Crippen LogP contribution in [0.2, 0.25) is 0 Å². The van der Waals surface area contributed by atoms with Crippen molar-refractivity contribution in [3.63, 3.8) is 0 Å². The Morgan fingerprint density at radius 2 is 1.89 bits per heavy atom. The number of ether oxygens (including phenoxy) is 4. The molecule has 1 heterocycles. The van der Waals surface area contributed by atoms with Crippen LogP contribution >= 0.6 is 11.8 Å². The molecule has 11 heteroatoms. The Labute approximate surface area is 160 Å². The van der Waals surface area contributed by atoms with Crippen LogP contribution in [0.1, 0.15) is 27.2 Å². The first-order valence-electron chi connectivity index (χ1n) is 8.20. The summed E-state index contributed by atoms with van der Waals surface area (Å²) < 4.78 is 37.5. The van der Waals surface area contributed by atoms with E-state index in [0.717, 1.165) is 11.8 Å². The van der Waals surface area contributed by atoms with E-state index in [1.54, 1.807) is 0 Å². The molecule has 0 aromatic carbocycles. The van der Waals surface area contributed by atoms with Crippen LogP contribution in [0.15, 0.2) is 0 Å². The Hall–Kier alpha value is -2.10. The summed E-state index contributed by atoms with van der Waals surface area (Å²) in [5, 5.41) is 3.08. The molecule has 1 aliphatic heterocycles. The van der Waals surface area contributed by atoms with Crippen LogP contribution in [-0.2, 0) is 33.3 Å². The third-order valence-electron chi connectivity index (χ3n) is 3.31. The normalized spacial score (nSPS) is 24.3. The van der Waals surface area contributed by atoms with Crippen molar-refractivity contribution >= 4 is 41.6 Å². The van der Waals surface area contributed by atoms with Gasteiger partial charge in [0.15, 0.2) is 12.8 Å². The predicted octanol–water partition coefficient (Wildman–Crippen LogP) is -0.0560. The largest absolute Gasteiger partial charge is 0.463 e. The molecule has 0 aromatic rings. The second-order valence-electron chi connectivity index (χ2n) is 5.56. The number of nitrogens with one attached hydrogen (secondary N) is 1. The van der Waals surface area contributed by atoms with Gasteiger partial charge in [0.25, 0.3) is 0 Å². The minimum absolute atomic E-state index is 0.0500. The van der Waals surface area contributed by atoms with E-state index in [1.807, 2.05) is 0 Å². The zero-order valence-electron chi connectivity index (χ0n) is 15.4. The van der Waals surface area contributed by atoms with E-state index in [9.17, 15) is 18.8 Å². The molecule has 0 aromatic heterocycles. The van der Waals surface area contributed by atoms with Gasteiger partial charge in [-0.2, -0.15) is 0 Å². The first-order chi connectivity index (χ1) is 12.8. The molecule has 4 atom stereocenters. The van der Waals surface area contributed by atoms with Crippen LogP contribution in [0.25, 0.3) is 0 Å². The van der Waals surface area contributed by atoms with Crippen molar-refractivity contribution in [2.45, 2.75) is 50.9 Å². The number of alkyl halides is 1. The van der Waals surface area contributed by atoms with E-state index in [1.165, 1.54) is 20.8 Å². The summed E-state index contributed by atoms with van der Waals surface area (Å²) in [4.78, 5) is 34.1. The number of rotatable bonds is 7. The van der Waals surface area contributed by atoms with Gasteiger partial charge in [0.2, 0.25) is 0 Å². The molecular weight excluding hydrogens is 383 g/mol. The summed E-state index contributed by atoms with van der Waals surface area (Å²) >= 11 is 1.11. The van der Waals surface area contributed by atoms with Crippen molar-refractivity contribution in [1.82, 2.24) is 9.98 Å². The van der Waals surface area contributed by atoms with Crippen LogP contribution in [0.4, 0.5) is 4.39 Å². The van der Waals surface area contributed by atoms with Gasteiger partial charge in [-0.3, -0.25) is 19.7 Å². The van der Waals surface area contributed by atoms with E-state index in [0.29, 0.717) is 5.17 Å². The van der Waals surface area contributed by atoms with Crippen LogP contribution in [0.3, 0.4) is 0 Å². The van der Waals surface area contributed by atoms with Crippen molar-refractivity contribution in [3.8, 4) is 0 Å². The van der Waals surface area contributed by atoms with Crippen molar-refractivity contribution < 1.29 is 37.7 Å². The lowest BCUT2D eigenvalue weighted by molar-refractivity contribution is -0.204. The highest BCUT2D eigenvalue weighted by atomic mass is 32.2. The van der Waals surface area contributed by atoms with Crippen molar-refractivity contribution in [3.05, 3.63) is 0 Å². The van der Waals surface area contributed by atoms with Crippen LogP contribution in [-0.4, -0.2) is 73.4 Å². The number of hydrogen-bond acceptors (Lipinski definition) is 8. The highest BCUT2D eigenvalue weighted by Crippen LogP contribution is 2.31. The second kappa shape index (κ2) is 11.6. The summed E-state index contributed by atoms with van der Waals surface area (Å²) in [6.07, 6.45) is -2.44. The molecule has 0 radical (unpaired) electrons. The summed E-state index contributed by atoms with van der Waals surface area (Å²) in [7, 11) is 0. The smallest absolute Gasteiger partial charge is 0.405 e. The Morgan fingerprint density at radius 3 is 2.41 bits per heavy atom. The second-order valence-corrected chi connectivity index (χ2v) is 6.71. The number of hydrogen-bond donors (Lipinski definition) is 1. The number of esters is 3. The average molecular weight is 407 g/mol. The lowest BCUT2D eigenvalue weighted by Crippen LogP contribution is -2.53. The third kappa shape index (κ3) is 8.42. The average Bonchev–Trinajstić information content (AvgIpc) is 2.58. The first kappa shape index (κ1) is 22.9. The zero-order chi connectivity index (χ0) is 20.4. The molecule has 0 bridgehead atoms. The fraction of sp³-hybridized carbons (Fsp3) is 0.688. The summed E-state index contributed by atoms with van der Waals surface area (Å²) in [6.45, 7) is 6.34. The van der Waals surface area contributed by atoms with E-state index in [4.69, 9.17) is 18.9 Å². The molecule has 1 saturated heterocycles. The maximum atomic E-state index is 12.4. The first-order valence-corrected chi connectivity index (χ1v) is 9.08. The minimum atomic E-state index is -0.943. The lowest BCUT2D eigenvalue weighted by atomic mass is 10.0. The number of thioether (sulfide) groups is 1. The van der Waals surface area contributed by atoms with Gasteiger partial charge in [-0.05, 0) is 0 Å². The Kier molecular flexibility index (Phi) is 9.84. The minimum Gasteiger partial charge on any atom is -0.463 e. The summed E-state index contributed by atoms with van der Waals surface area (Å²) in [5.74, 6) is -1.69. The van der Waals surface area contributed by atoms with Crippen LogP contribution in [0.5, 0.6) is 0 Å². The van der Waals surface area contributed by atoms with Gasteiger partial charge in [-0.25, -0.2) is 9.06 Å². The highest BCUT2D eigenvalue weighted by molar-refractivity contribution is 8.14. The summed E-state index contributed by atoms with van der Waals surface area (Å²) in [5.41, 5.74) is -0.589. The maximum absolute atomic E-state index is 12.4. The quantitative estimate of drug-likeness (QED) is 0.204. The van der Waals surface area contributed by atoms with Gasteiger partial charge in [-0.1, -0.05) is 0 Å². The Balaban J connectivity index is 2.98. The monoisotopic (exact) mass is 407 g/mol. The predicted molar refractivity (Wildman–Crippen MR) is 96.8 cm³/mol. The Bertz CT molecular complexity index is 597. The maximum Gasteiger partial charge on any atom is 0.405 e. The molecule has 1 aliphatic rings.